The van der Waals surface area contributed by atoms with Gasteiger partial charge in [0.05, 0.1) is 4.92 Å². The fourth-order valence-corrected chi connectivity index (χ4v) is 1.86. The Balaban J connectivity index is 2.14. The number of rotatable bonds is 4. The summed E-state index contributed by atoms with van der Waals surface area (Å²) in [5.41, 5.74) is -1.14. The largest absolute Gasteiger partial charge is 0.435 e. The first-order chi connectivity index (χ1) is 11.1. The number of halogens is 3. The van der Waals surface area contributed by atoms with Crippen LogP contribution in [0.3, 0.4) is 0 Å². The molecule has 0 aromatic carbocycles. The number of aromatic nitrogens is 3. The summed E-state index contributed by atoms with van der Waals surface area (Å²) in [4.78, 5) is 26.9. The fraction of sp³-hybridized carbons (Fsp3) is 0.308. The molecule has 0 fully saturated rings. The van der Waals surface area contributed by atoms with Gasteiger partial charge in [-0.1, -0.05) is 0 Å². The molecule has 0 aliphatic heterocycles. The topological polar surface area (TPSA) is 94.2 Å². The summed E-state index contributed by atoms with van der Waals surface area (Å²) in [5.74, 6) is -0.442. The van der Waals surface area contributed by atoms with E-state index in [0.29, 0.717) is 0 Å². The second-order valence-electron chi connectivity index (χ2n) is 4.91. The minimum Gasteiger partial charge on any atom is -0.298 e. The number of nitrogens with zero attached hydrogens (tertiary/aromatic N) is 5. The predicted octanol–water partition coefficient (Wildman–Crippen LogP) is 2.18. The minimum absolute atomic E-state index is 0.131. The standard InChI is InChI=1S/C13H12F3N5O3/c1-8-5-10(13(14,15)16)18-20(8)7-12(22)19(2)11-4-3-9(6-17-11)21(23)24/h3-6H,7H2,1-2H3. The number of likely N-dealkylation sites (N-methyl/N-ethyl adjacent to an activating group) is 1. The van der Waals surface area contributed by atoms with Crippen LogP contribution in [0.4, 0.5) is 24.7 Å². The van der Waals surface area contributed by atoms with Crippen LogP contribution in [-0.4, -0.2) is 32.6 Å². The average Bonchev–Trinajstić information content (AvgIpc) is 2.87. The molecule has 0 radical (unpaired) electrons. The zero-order chi connectivity index (χ0) is 18.1. The van der Waals surface area contributed by atoms with Crippen LogP contribution in [0.5, 0.6) is 0 Å². The van der Waals surface area contributed by atoms with Crippen molar-refractivity contribution in [2.24, 2.45) is 0 Å². The summed E-state index contributed by atoms with van der Waals surface area (Å²) in [6.45, 7) is 0.983. The van der Waals surface area contributed by atoms with Crippen LogP contribution < -0.4 is 4.90 Å². The normalized spacial score (nSPS) is 11.4. The van der Waals surface area contributed by atoms with E-state index in [0.717, 1.165) is 21.8 Å². The van der Waals surface area contributed by atoms with Crippen molar-refractivity contribution in [2.75, 3.05) is 11.9 Å². The van der Waals surface area contributed by atoms with Crippen LogP contribution in [0.15, 0.2) is 24.4 Å². The number of aryl methyl sites for hydroxylation is 1. The van der Waals surface area contributed by atoms with Crippen molar-refractivity contribution < 1.29 is 22.9 Å². The number of alkyl halides is 3. The van der Waals surface area contributed by atoms with E-state index >= 15 is 0 Å². The maximum Gasteiger partial charge on any atom is 0.435 e. The fourth-order valence-electron chi connectivity index (χ4n) is 1.86. The molecule has 2 aromatic heterocycles. The third kappa shape index (κ3) is 3.67. The van der Waals surface area contributed by atoms with Crippen LogP contribution in [-0.2, 0) is 17.5 Å². The Hall–Kier alpha value is -2.98. The number of carbonyl (C=O) groups is 1. The van der Waals surface area contributed by atoms with E-state index in [1.807, 2.05) is 0 Å². The predicted molar refractivity (Wildman–Crippen MR) is 76.3 cm³/mol. The van der Waals surface area contributed by atoms with Gasteiger partial charge in [-0.3, -0.25) is 24.5 Å². The first-order valence-electron chi connectivity index (χ1n) is 6.58. The number of hydrogen-bond donors (Lipinski definition) is 0. The van der Waals surface area contributed by atoms with Gasteiger partial charge in [-0.25, -0.2) is 4.98 Å². The molecule has 0 unspecified atom stereocenters. The quantitative estimate of drug-likeness (QED) is 0.626. The molecule has 0 spiro atoms. The molecule has 128 valence electrons. The Morgan fingerprint density at radius 2 is 2.08 bits per heavy atom. The summed E-state index contributed by atoms with van der Waals surface area (Å²) >= 11 is 0. The molecule has 0 bridgehead atoms. The van der Waals surface area contributed by atoms with Gasteiger partial charge in [-0.05, 0) is 19.1 Å². The highest BCUT2D eigenvalue weighted by Gasteiger charge is 2.34. The van der Waals surface area contributed by atoms with E-state index in [-0.39, 0.29) is 17.2 Å². The molecule has 0 saturated heterocycles. The number of pyridine rings is 1. The summed E-state index contributed by atoms with van der Waals surface area (Å²) in [5, 5.41) is 13.9. The molecule has 0 aliphatic carbocycles. The summed E-state index contributed by atoms with van der Waals surface area (Å²) in [6, 6.07) is 3.29. The van der Waals surface area contributed by atoms with Crippen molar-refractivity contribution in [3.8, 4) is 0 Å². The van der Waals surface area contributed by atoms with E-state index in [1.165, 1.54) is 26.1 Å². The van der Waals surface area contributed by atoms with Gasteiger partial charge in [0.2, 0.25) is 5.91 Å². The molecule has 2 aromatic rings. The number of anilines is 1. The molecular weight excluding hydrogens is 331 g/mol. The Labute approximate surface area is 133 Å². The second kappa shape index (κ2) is 6.26. The summed E-state index contributed by atoms with van der Waals surface area (Å²) < 4.78 is 38.8. The minimum atomic E-state index is -4.59. The van der Waals surface area contributed by atoms with E-state index in [9.17, 15) is 28.1 Å². The lowest BCUT2D eigenvalue weighted by molar-refractivity contribution is -0.385. The maximum atomic E-state index is 12.6. The lowest BCUT2D eigenvalue weighted by Gasteiger charge is -2.16. The van der Waals surface area contributed by atoms with Crippen molar-refractivity contribution in [1.29, 1.82) is 0 Å². The summed E-state index contributed by atoms with van der Waals surface area (Å²) in [7, 11) is 1.36. The number of hydrogen-bond acceptors (Lipinski definition) is 5. The Morgan fingerprint density at radius 1 is 1.42 bits per heavy atom. The smallest absolute Gasteiger partial charge is 0.298 e. The molecule has 2 heterocycles. The molecule has 1 amide bonds. The van der Waals surface area contributed by atoms with E-state index in [1.54, 1.807) is 0 Å². The van der Waals surface area contributed by atoms with Crippen molar-refractivity contribution in [3.05, 3.63) is 45.9 Å². The molecule has 0 saturated carbocycles. The molecule has 8 nitrogen and oxygen atoms in total. The van der Waals surface area contributed by atoms with Gasteiger partial charge in [-0.2, -0.15) is 18.3 Å². The highest BCUT2D eigenvalue weighted by Crippen LogP contribution is 2.28. The third-order valence-corrected chi connectivity index (χ3v) is 3.22. The first kappa shape index (κ1) is 17.4. The Kier molecular flexibility index (Phi) is 4.53. The lowest BCUT2D eigenvalue weighted by Crippen LogP contribution is -2.31. The van der Waals surface area contributed by atoms with Crippen molar-refractivity contribution in [1.82, 2.24) is 14.8 Å². The van der Waals surface area contributed by atoms with E-state index < -0.39 is 29.2 Å². The van der Waals surface area contributed by atoms with Gasteiger partial charge < -0.3 is 0 Å². The molecule has 11 heteroatoms. The number of amides is 1. The number of carbonyl (C=O) groups excluding carboxylic acids is 1. The Morgan fingerprint density at radius 3 is 2.54 bits per heavy atom. The molecule has 2 rings (SSSR count). The van der Waals surface area contributed by atoms with Crippen LogP contribution in [0, 0.1) is 17.0 Å². The lowest BCUT2D eigenvalue weighted by atomic mass is 10.3. The highest BCUT2D eigenvalue weighted by molar-refractivity contribution is 5.91. The van der Waals surface area contributed by atoms with Crippen molar-refractivity contribution >= 4 is 17.4 Å². The molecule has 0 atom stereocenters. The molecule has 0 aliphatic rings. The van der Waals surface area contributed by atoms with Crippen LogP contribution >= 0.6 is 0 Å². The van der Waals surface area contributed by atoms with E-state index in [2.05, 4.69) is 10.1 Å². The second-order valence-corrected chi connectivity index (χ2v) is 4.91. The molecule has 0 N–H and O–H groups in total. The molecular formula is C13H12F3N5O3. The highest BCUT2D eigenvalue weighted by atomic mass is 19.4. The van der Waals surface area contributed by atoms with Crippen LogP contribution in [0.1, 0.15) is 11.4 Å². The van der Waals surface area contributed by atoms with Gasteiger partial charge in [0.25, 0.3) is 5.69 Å². The van der Waals surface area contributed by atoms with E-state index in [4.69, 9.17) is 0 Å². The average molecular weight is 343 g/mol. The van der Waals surface area contributed by atoms with Gasteiger partial charge >= 0.3 is 6.18 Å². The molecule has 24 heavy (non-hydrogen) atoms. The van der Waals surface area contributed by atoms with Gasteiger partial charge in [0, 0.05) is 18.8 Å². The van der Waals surface area contributed by atoms with Gasteiger partial charge in [-0.15, -0.1) is 0 Å². The monoisotopic (exact) mass is 343 g/mol. The van der Waals surface area contributed by atoms with Crippen LogP contribution in [0.25, 0.3) is 0 Å². The van der Waals surface area contributed by atoms with Crippen molar-refractivity contribution in [2.45, 2.75) is 19.6 Å². The Bertz CT molecular complexity index is 770. The maximum absolute atomic E-state index is 12.6. The third-order valence-electron chi connectivity index (χ3n) is 3.22. The SMILES string of the molecule is Cc1cc(C(F)(F)F)nn1CC(=O)N(C)c1ccc([N+](=O)[O-])cn1. The first-order valence-corrected chi connectivity index (χ1v) is 6.58. The van der Waals surface area contributed by atoms with Gasteiger partial charge in [0.1, 0.15) is 18.6 Å². The van der Waals surface area contributed by atoms with Crippen LogP contribution in [0.2, 0.25) is 0 Å². The zero-order valence-electron chi connectivity index (χ0n) is 12.6. The van der Waals surface area contributed by atoms with Crippen molar-refractivity contribution in [3.63, 3.8) is 0 Å². The van der Waals surface area contributed by atoms with Gasteiger partial charge in [0.15, 0.2) is 5.69 Å². The number of nitro groups is 1. The summed E-state index contributed by atoms with van der Waals surface area (Å²) in [6.07, 6.45) is -3.61. The zero-order valence-corrected chi connectivity index (χ0v) is 12.6.